The molecule has 1 rings (SSSR count). The lowest BCUT2D eigenvalue weighted by molar-refractivity contribution is -0.305. The van der Waals surface area contributed by atoms with Gasteiger partial charge in [-0.3, -0.25) is 9.59 Å². The molecule has 272 valence electrons. The van der Waals surface area contributed by atoms with E-state index in [1.165, 1.54) is 89.9 Å². The fraction of sp³-hybridized carbons (Fsp3) is 0.944. The van der Waals surface area contributed by atoms with E-state index in [-0.39, 0.29) is 32.0 Å². The number of rotatable bonds is 30. The fourth-order valence-electron chi connectivity index (χ4n) is 5.72. The van der Waals surface area contributed by atoms with Gasteiger partial charge in [-0.05, 0) is 12.8 Å². The van der Waals surface area contributed by atoms with Crippen molar-refractivity contribution < 1.29 is 49.0 Å². The standard InChI is InChI=1S/C36H68O10/c1-3-5-7-9-11-13-14-15-16-17-19-21-23-25-32(39)45-29(27-43-31(38)24-22-20-18-12-10-8-6-4-2)28-44-36-35(42)34(41)33(40)30(26-37)46-36/h29-30,33-37,40-42H,3-28H2,1-2H3/t29-,30-,33+,34+,35-,36-/m1/s1. The lowest BCUT2D eigenvalue weighted by Crippen LogP contribution is -2.59. The van der Waals surface area contributed by atoms with Crippen molar-refractivity contribution in [1.82, 2.24) is 0 Å². The summed E-state index contributed by atoms with van der Waals surface area (Å²) in [4.78, 5) is 25.0. The largest absolute Gasteiger partial charge is 0.462 e. The summed E-state index contributed by atoms with van der Waals surface area (Å²) in [5.41, 5.74) is 0. The SMILES string of the molecule is CCCCCCCCCCCCCCCC(=O)O[C@H](COC(=O)CCCCCCCCCC)CO[C@@H]1O[C@H](CO)[C@H](O)[C@H](O)[C@H]1O. The molecule has 1 saturated heterocycles. The van der Waals surface area contributed by atoms with Gasteiger partial charge in [0.2, 0.25) is 0 Å². The molecule has 1 heterocycles. The van der Waals surface area contributed by atoms with Gasteiger partial charge in [0.1, 0.15) is 31.0 Å². The smallest absolute Gasteiger partial charge is 0.306 e. The van der Waals surface area contributed by atoms with Crippen molar-refractivity contribution in [2.24, 2.45) is 0 Å². The summed E-state index contributed by atoms with van der Waals surface area (Å²) in [5.74, 6) is -0.805. The molecule has 0 spiro atoms. The first kappa shape index (κ1) is 42.7. The number of aliphatic hydroxyl groups is 4. The van der Waals surface area contributed by atoms with Crippen molar-refractivity contribution in [3.05, 3.63) is 0 Å². The first-order chi connectivity index (χ1) is 22.3. The van der Waals surface area contributed by atoms with Crippen molar-refractivity contribution >= 4 is 11.9 Å². The lowest BCUT2D eigenvalue weighted by atomic mass is 9.99. The predicted octanol–water partition coefficient (Wildman–Crippen LogP) is 6.27. The normalized spacial score (nSPS) is 22.1. The molecule has 0 bridgehead atoms. The second-order valence-corrected chi connectivity index (χ2v) is 13.0. The monoisotopic (exact) mass is 660 g/mol. The van der Waals surface area contributed by atoms with E-state index < -0.39 is 49.4 Å². The molecule has 10 nitrogen and oxygen atoms in total. The highest BCUT2D eigenvalue weighted by Crippen LogP contribution is 2.22. The Hall–Kier alpha value is -1.30. The molecule has 0 unspecified atom stereocenters. The van der Waals surface area contributed by atoms with Gasteiger partial charge in [-0.2, -0.15) is 0 Å². The first-order valence-electron chi connectivity index (χ1n) is 18.6. The van der Waals surface area contributed by atoms with Crippen LogP contribution in [-0.2, 0) is 28.5 Å². The molecule has 0 amide bonds. The molecule has 1 aliphatic heterocycles. The van der Waals surface area contributed by atoms with E-state index >= 15 is 0 Å². The third kappa shape index (κ3) is 20.8. The molecule has 4 N–H and O–H groups in total. The van der Waals surface area contributed by atoms with Crippen molar-refractivity contribution in [3.63, 3.8) is 0 Å². The van der Waals surface area contributed by atoms with E-state index in [1.54, 1.807) is 0 Å². The van der Waals surface area contributed by atoms with Crippen LogP contribution in [0.3, 0.4) is 0 Å². The van der Waals surface area contributed by atoms with Gasteiger partial charge in [-0.15, -0.1) is 0 Å². The third-order valence-electron chi connectivity index (χ3n) is 8.74. The summed E-state index contributed by atoms with van der Waals surface area (Å²) in [6.07, 6.45) is 17.0. The summed E-state index contributed by atoms with van der Waals surface area (Å²) >= 11 is 0. The number of hydrogen-bond donors (Lipinski definition) is 4. The summed E-state index contributed by atoms with van der Waals surface area (Å²) < 4.78 is 22.0. The zero-order valence-corrected chi connectivity index (χ0v) is 29.1. The Morgan fingerprint density at radius 3 is 1.48 bits per heavy atom. The van der Waals surface area contributed by atoms with Gasteiger partial charge in [0, 0.05) is 12.8 Å². The topological polar surface area (TPSA) is 152 Å². The van der Waals surface area contributed by atoms with E-state index in [2.05, 4.69) is 13.8 Å². The second kappa shape index (κ2) is 28.7. The number of aliphatic hydroxyl groups excluding tert-OH is 4. The third-order valence-corrected chi connectivity index (χ3v) is 8.74. The molecule has 0 aromatic carbocycles. The fourth-order valence-corrected chi connectivity index (χ4v) is 5.72. The number of esters is 2. The maximum atomic E-state index is 12.6. The first-order valence-corrected chi connectivity index (χ1v) is 18.6. The van der Waals surface area contributed by atoms with Gasteiger partial charge in [0.05, 0.1) is 13.2 Å². The van der Waals surface area contributed by atoms with Crippen LogP contribution >= 0.6 is 0 Å². The van der Waals surface area contributed by atoms with E-state index in [9.17, 15) is 30.0 Å². The zero-order chi connectivity index (χ0) is 33.8. The minimum Gasteiger partial charge on any atom is -0.462 e. The maximum absolute atomic E-state index is 12.6. The van der Waals surface area contributed by atoms with Crippen LogP contribution in [0.4, 0.5) is 0 Å². The van der Waals surface area contributed by atoms with Crippen LogP contribution in [0, 0.1) is 0 Å². The number of carbonyl (C=O) groups excluding carboxylic acids is 2. The predicted molar refractivity (Wildman–Crippen MR) is 178 cm³/mol. The zero-order valence-electron chi connectivity index (χ0n) is 29.1. The van der Waals surface area contributed by atoms with Crippen LogP contribution in [0.5, 0.6) is 0 Å². The number of hydrogen-bond acceptors (Lipinski definition) is 10. The van der Waals surface area contributed by atoms with Gasteiger partial charge in [0.15, 0.2) is 12.4 Å². The summed E-state index contributed by atoms with van der Waals surface area (Å²) in [7, 11) is 0. The van der Waals surface area contributed by atoms with Crippen molar-refractivity contribution in [2.75, 3.05) is 19.8 Å². The maximum Gasteiger partial charge on any atom is 0.306 e. The molecule has 46 heavy (non-hydrogen) atoms. The highest BCUT2D eigenvalue weighted by molar-refractivity contribution is 5.70. The lowest BCUT2D eigenvalue weighted by Gasteiger charge is -2.39. The van der Waals surface area contributed by atoms with Crippen LogP contribution in [0.15, 0.2) is 0 Å². The summed E-state index contributed by atoms with van der Waals surface area (Å²) in [5, 5.41) is 39.8. The highest BCUT2D eigenvalue weighted by atomic mass is 16.7. The Kier molecular flexibility index (Phi) is 26.6. The average Bonchev–Trinajstić information content (AvgIpc) is 3.05. The van der Waals surface area contributed by atoms with E-state index in [4.69, 9.17) is 18.9 Å². The van der Waals surface area contributed by atoms with Crippen molar-refractivity contribution in [1.29, 1.82) is 0 Å². The van der Waals surface area contributed by atoms with Gasteiger partial charge < -0.3 is 39.4 Å². The van der Waals surface area contributed by atoms with Crippen LogP contribution in [0.2, 0.25) is 0 Å². The molecule has 6 atom stereocenters. The molecule has 0 saturated carbocycles. The van der Waals surface area contributed by atoms with E-state index in [0.29, 0.717) is 6.42 Å². The Labute approximate surface area is 278 Å². The molecule has 0 aromatic rings. The van der Waals surface area contributed by atoms with Crippen LogP contribution in [0.1, 0.15) is 162 Å². The van der Waals surface area contributed by atoms with Crippen molar-refractivity contribution in [3.8, 4) is 0 Å². The number of ether oxygens (including phenoxy) is 4. The highest BCUT2D eigenvalue weighted by Gasteiger charge is 2.44. The average molecular weight is 661 g/mol. The Morgan fingerprint density at radius 1 is 0.587 bits per heavy atom. The molecule has 10 heteroatoms. The minimum atomic E-state index is -1.59. The summed E-state index contributed by atoms with van der Waals surface area (Å²) in [6, 6.07) is 0. The Balaban J connectivity index is 2.40. The van der Waals surface area contributed by atoms with Gasteiger partial charge >= 0.3 is 11.9 Å². The van der Waals surface area contributed by atoms with E-state index in [0.717, 1.165) is 38.5 Å². The molecule has 0 radical (unpaired) electrons. The van der Waals surface area contributed by atoms with Gasteiger partial charge in [0.25, 0.3) is 0 Å². The van der Waals surface area contributed by atoms with Gasteiger partial charge in [-0.25, -0.2) is 0 Å². The molecule has 0 aromatic heterocycles. The molecule has 1 fully saturated rings. The number of carbonyl (C=O) groups is 2. The number of unbranched alkanes of at least 4 members (excludes halogenated alkanes) is 19. The van der Waals surface area contributed by atoms with Crippen molar-refractivity contribution in [2.45, 2.75) is 198 Å². The van der Waals surface area contributed by atoms with Crippen LogP contribution < -0.4 is 0 Å². The molecular weight excluding hydrogens is 592 g/mol. The van der Waals surface area contributed by atoms with Crippen LogP contribution in [0.25, 0.3) is 0 Å². The molecule has 1 aliphatic rings. The Morgan fingerprint density at radius 2 is 1.02 bits per heavy atom. The summed E-state index contributed by atoms with van der Waals surface area (Å²) in [6.45, 7) is 3.37. The Bertz CT molecular complexity index is 734. The quantitative estimate of drug-likeness (QED) is 0.0512. The van der Waals surface area contributed by atoms with Crippen LogP contribution in [-0.4, -0.2) is 89.0 Å². The second-order valence-electron chi connectivity index (χ2n) is 13.0. The molecular formula is C36H68O10. The van der Waals surface area contributed by atoms with Gasteiger partial charge in [-0.1, -0.05) is 136 Å². The minimum absolute atomic E-state index is 0.211. The molecule has 0 aliphatic carbocycles. The van der Waals surface area contributed by atoms with E-state index in [1.807, 2.05) is 0 Å².